The lowest BCUT2D eigenvalue weighted by Crippen LogP contribution is -2.61. The second-order valence-corrected chi connectivity index (χ2v) is 5.47. The summed E-state index contributed by atoms with van der Waals surface area (Å²) in [5.41, 5.74) is 4.66. The van der Waals surface area contributed by atoms with Crippen LogP contribution < -0.4 is 5.73 Å². The lowest BCUT2D eigenvalue weighted by molar-refractivity contribution is -0.191. The molecule has 2 N–H and O–H groups in total. The average molecular weight is 305 g/mol. The normalized spacial score (nSPS) is 24.7. The second-order valence-electron chi connectivity index (χ2n) is 5.47. The van der Waals surface area contributed by atoms with Crippen molar-refractivity contribution in [2.45, 2.75) is 57.5 Å². The smallest absolute Gasteiger partial charge is 0.410 e. The van der Waals surface area contributed by atoms with E-state index < -0.39 is 30.0 Å². The van der Waals surface area contributed by atoms with Crippen LogP contribution in [0.4, 0.5) is 18.0 Å². The molecule has 4 nitrogen and oxygen atoms in total. The molecule has 0 aromatic rings. The van der Waals surface area contributed by atoms with E-state index in [2.05, 4.69) is 0 Å². The minimum atomic E-state index is -4.53. The first-order valence-electron chi connectivity index (χ1n) is 5.84. The fourth-order valence-electron chi connectivity index (χ4n) is 1.97. The minimum absolute atomic E-state index is 0. The summed E-state index contributed by atoms with van der Waals surface area (Å²) in [6.07, 6.45) is -4.78. The minimum Gasteiger partial charge on any atom is -0.444 e. The lowest BCUT2D eigenvalue weighted by Gasteiger charge is -2.40. The highest BCUT2D eigenvalue weighted by molar-refractivity contribution is 5.85. The van der Waals surface area contributed by atoms with Gasteiger partial charge in [-0.05, 0) is 33.6 Å². The molecule has 0 radical (unpaired) electrons. The zero-order valence-electron chi connectivity index (χ0n) is 11.2. The van der Waals surface area contributed by atoms with Crippen molar-refractivity contribution in [2.75, 3.05) is 6.54 Å². The quantitative estimate of drug-likeness (QED) is 0.748. The van der Waals surface area contributed by atoms with E-state index in [1.54, 1.807) is 20.8 Å². The van der Waals surface area contributed by atoms with E-state index in [1.807, 2.05) is 0 Å². The first-order valence-corrected chi connectivity index (χ1v) is 5.84. The maximum absolute atomic E-state index is 12.9. The van der Waals surface area contributed by atoms with Gasteiger partial charge >= 0.3 is 12.3 Å². The molecule has 2 atom stereocenters. The van der Waals surface area contributed by atoms with Crippen molar-refractivity contribution >= 4 is 18.5 Å². The molecule has 0 aromatic carbocycles. The van der Waals surface area contributed by atoms with Crippen LogP contribution in [0, 0.1) is 0 Å². The van der Waals surface area contributed by atoms with Crippen LogP contribution in [0.25, 0.3) is 0 Å². The van der Waals surface area contributed by atoms with Crippen molar-refractivity contribution in [3.8, 4) is 0 Å². The monoisotopic (exact) mass is 304 g/mol. The largest absolute Gasteiger partial charge is 0.444 e. The van der Waals surface area contributed by atoms with Gasteiger partial charge in [-0.2, -0.15) is 13.2 Å². The molecular weight excluding hydrogens is 285 g/mol. The summed E-state index contributed by atoms with van der Waals surface area (Å²) < 4.78 is 43.7. The molecule has 0 aromatic heterocycles. The molecule has 1 amide bonds. The number of hydrogen-bond donors (Lipinski definition) is 1. The highest BCUT2D eigenvalue weighted by Gasteiger charge is 2.51. The van der Waals surface area contributed by atoms with E-state index in [0.29, 0.717) is 11.3 Å². The maximum Gasteiger partial charge on any atom is 0.410 e. The predicted octanol–water partition coefficient (Wildman–Crippen LogP) is 2.70. The molecule has 1 rings (SSSR count). The van der Waals surface area contributed by atoms with Crippen LogP contribution in [0.2, 0.25) is 0 Å². The Morgan fingerprint density at radius 1 is 1.32 bits per heavy atom. The Hall–Kier alpha value is -0.690. The van der Waals surface area contributed by atoms with Gasteiger partial charge in [0.1, 0.15) is 11.6 Å². The van der Waals surface area contributed by atoms with E-state index in [4.69, 9.17) is 10.5 Å². The first-order chi connectivity index (χ1) is 8.02. The van der Waals surface area contributed by atoms with Crippen molar-refractivity contribution in [1.29, 1.82) is 0 Å². The summed E-state index contributed by atoms with van der Waals surface area (Å²) in [5.74, 6) is 0. The predicted molar refractivity (Wildman–Crippen MR) is 67.2 cm³/mol. The van der Waals surface area contributed by atoms with Crippen LogP contribution in [-0.2, 0) is 4.74 Å². The number of halogens is 4. The summed E-state index contributed by atoms with van der Waals surface area (Å²) in [4.78, 5) is 12.5. The van der Waals surface area contributed by atoms with Gasteiger partial charge in [-0.3, -0.25) is 4.90 Å². The zero-order valence-corrected chi connectivity index (χ0v) is 12.0. The molecule has 1 aliphatic rings. The standard InChI is InChI=1S/C11H19F3N2O2.ClH/c1-10(2,3)18-9(17)16-6-4-5-7(15)8(16)11(12,13)14;/h7-8H,4-6,15H2,1-3H3;1H/t7-,8+;/m1./s1. The molecule has 0 spiro atoms. The fourth-order valence-corrected chi connectivity index (χ4v) is 1.97. The van der Waals surface area contributed by atoms with Crippen LogP contribution in [0.5, 0.6) is 0 Å². The third-order valence-corrected chi connectivity index (χ3v) is 2.64. The number of carbonyl (C=O) groups is 1. The fraction of sp³-hybridized carbons (Fsp3) is 0.909. The number of carbonyl (C=O) groups excluding carboxylic acids is 1. The Morgan fingerprint density at radius 2 is 1.84 bits per heavy atom. The summed E-state index contributed by atoms with van der Waals surface area (Å²) in [6.45, 7) is 4.85. The highest BCUT2D eigenvalue weighted by atomic mass is 35.5. The van der Waals surface area contributed by atoms with Crippen molar-refractivity contribution in [3.63, 3.8) is 0 Å². The van der Waals surface area contributed by atoms with Gasteiger partial charge in [-0.1, -0.05) is 0 Å². The third kappa shape index (κ3) is 5.06. The molecule has 114 valence electrons. The number of piperidine rings is 1. The maximum atomic E-state index is 12.9. The molecule has 19 heavy (non-hydrogen) atoms. The molecule has 1 saturated heterocycles. The van der Waals surface area contributed by atoms with Crippen LogP contribution in [0.15, 0.2) is 0 Å². The molecule has 0 bridgehead atoms. The zero-order chi connectivity index (χ0) is 14.1. The van der Waals surface area contributed by atoms with Gasteiger partial charge < -0.3 is 10.5 Å². The average Bonchev–Trinajstić information content (AvgIpc) is 2.12. The molecule has 1 aliphatic heterocycles. The molecular formula is C11H20ClF3N2O2. The molecule has 0 unspecified atom stereocenters. The van der Waals surface area contributed by atoms with Crippen molar-refractivity contribution < 1.29 is 22.7 Å². The van der Waals surface area contributed by atoms with Gasteiger partial charge in [0, 0.05) is 12.6 Å². The summed E-state index contributed by atoms with van der Waals surface area (Å²) in [5, 5.41) is 0. The van der Waals surface area contributed by atoms with Crippen LogP contribution in [0.1, 0.15) is 33.6 Å². The number of hydrogen-bond acceptors (Lipinski definition) is 3. The Morgan fingerprint density at radius 3 is 2.26 bits per heavy atom. The van der Waals surface area contributed by atoms with Gasteiger partial charge in [0.25, 0.3) is 0 Å². The number of ether oxygens (including phenoxy) is 1. The van der Waals surface area contributed by atoms with Crippen molar-refractivity contribution in [1.82, 2.24) is 4.90 Å². The van der Waals surface area contributed by atoms with Gasteiger partial charge in [0.2, 0.25) is 0 Å². The highest BCUT2D eigenvalue weighted by Crippen LogP contribution is 2.32. The number of likely N-dealkylation sites (tertiary alicyclic amines) is 1. The SMILES string of the molecule is CC(C)(C)OC(=O)N1CCC[C@@H](N)[C@H]1C(F)(F)F.Cl. The van der Waals surface area contributed by atoms with Gasteiger partial charge in [0.15, 0.2) is 0 Å². The third-order valence-electron chi connectivity index (χ3n) is 2.64. The van der Waals surface area contributed by atoms with Crippen LogP contribution in [0.3, 0.4) is 0 Å². The van der Waals surface area contributed by atoms with E-state index in [1.165, 1.54) is 0 Å². The summed E-state index contributed by atoms with van der Waals surface area (Å²) in [7, 11) is 0. The number of amides is 1. The Balaban J connectivity index is 0.00000324. The number of nitrogens with zero attached hydrogens (tertiary/aromatic N) is 1. The number of rotatable bonds is 0. The van der Waals surface area contributed by atoms with Gasteiger partial charge in [-0.15, -0.1) is 12.4 Å². The topological polar surface area (TPSA) is 55.6 Å². The Kier molecular flexibility index (Phi) is 5.95. The lowest BCUT2D eigenvalue weighted by atomic mass is 9.97. The number of nitrogens with two attached hydrogens (primary N) is 1. The van der Waals surface area contributed by atoms with Gasteiger partial charge in [-0.25, -0.2) is 4.79 Å². The van der Waals surface area contributed by atoms with E-state index >= 15 is 0 Å². The number of alkyl halides is 3. The summed E-state index contributed by atoms with van der Waals surface area (Å²) >= 11 is 0. The van der Waals surface area contributed by atoms with Crippen LogP contribution >= 0.6 is 12.4 Å². The van der Waals surface area contributed by atoms with Crippen LogP contribution in [-0.4, -0.2) is 41.4 Å². The molecule has 0 saturated carbocycles. The second kappa shape index (κ2) is 6.17. The van der Waals surface area contributed by atoms with E-state index in [-0.39, 0.29) is 25.4 Å². The molecule has 1 fully saturated rings. The van der Waals surface area contributed by atoms with Crippen molar-refractivity contribution in [2.24, 2.45) is 5.73 Å². The molecule has 1 heterocycles. The van der Waals surface area contributed by atoms with Gasteiger partial charge in [0.05, 0.1) is 0 Å². The van der Waals surface area contributed by atoms with Crippen molar-refractivity contribution in [3.05, 3.63) is 0 Å². The van der Waals surface area contributed by atoms with E-state index in [9.17, 15) is 18.0 Å². The Bertz CT molecular complexity index is 318. The Labute approximate surface area is 116 Å². The first kappa shape index (κ1) is 18.3. The molecule has 0 aliphatic carbocycles. The van der Waals surface area contributed by atoms with E-state index in [0.717, 1.165) is 0 Å². The molecule has 8 heteroatoms. The summed E-state index contributed by atoms with van der Waals surface area (Å²) in [6, 6.07) is -3.05.